The minimum absolute atomic E-state index is 0.178. The van der Waals surface area contributed by atoms with E-state index < -0.39 is 0 Å². The summed E-state index contributed by atoms with van der Waals surface area (Å²) < 4.78 is 1.74. The van der Waals surface area contributed by atoms with Crippen LogP contribution in [0.2, 0.25) is 0 Å². The summed E-state index contributed by atoms with van der Waals surface area (Å²) in [6.45, 7) is 5.05. The lowest BCUT2D eigenvalue weighted by atomic mass is 10.1. The van der Waals surface area contributed by atoms with Gasteiger partial charge in [0, 0.05) is 55.9 Å². The van der Waals surface area contributed by atoms with E-state index in [1.165, 1.54) is 0 Å². The normalized spacial score (nSPS) is 17.5. The van der Waals surface area contributed by atoms with Gasteiger partial charge in [0.15, 0.2) is 0 Å². The number of aromatic nitrogens is 4. The van der Waals surface area contributed by atoms with Crippen LogP contribution in [0.1, 0.15) is 6.92 Å². The highest BCUT2D eigenvalue weighted by Crippen LogP contribution is 2.33. The number of phenolic OH excluding ortho intramolecular Hbond substituents is 1. The molecule has 7 nitrogen and oxygen atoms in total. The third-order valence-corrected chi connectivity index (χ3v) is 5.23. The Morgan fingerprint density at radius 3 is 2.75 bits per heavy atom. The van der Waals surface area contributed by atoms with Crippen molar-refractivity contribution in [3.8, 4) is 17.0 Å². The van der Waals surface area contributed by atoms with Crippen LogP contribution in [-0.4, -0.2) is 50.5 Å². The van der Waals surface area contributed by atoms with Gasteiger partial charge in [-0.3, -0.25) is 4.68 Å². The Bertz CT molecular complexity index is 1180. The van der Waals surface area contributed by atoms with Crippen molar-refractivity contribution < 1.29 is 5.11 Å². The number of pyridine rings is 2. The Kier molecular flexibility index (Phi) is 3.91. The quantitative estimate of drug-likeness (QED) is 0.562. The number of piperazine rings is 1. The Morgan fingerprint density at radius 2 is 1.89 bits per heavy atom. The Hall–Kier alpha value is -3.19. The first-order chi connectivity index (χ1) is 13.6. The number of hydrogen-bond acceptors (Lipinski definition) is 6. The topological polar surface area (TPSA) is 79.1 Å². The van der Waals surface area contributed by atoms with Gasteiger partial charge in [-0.15, -0.1) is 0 Å². The molecule has 1 atom stereocenters. The van der Waals surface area contributed by atoms with E-state index in [0.29, 0.717) is 11.6 Å². The molecule has 1 unspecified atom stereocenters. The van der Waals surface area contributed by atoms with Gasteiger partial charge in [-0.1, -0.05) is 0 Å². The first-order valence-corrected chi connectivity index (χ1v) is 9.50. The minimum atomic E-state index is 0.178. The average molecular weight is 374 g/mol. The number of aromatic hydroxyl groups is 1. The molecule has 1 fully saturated rings. The van der Waals surface area contributed by atoms with E-state index in [0.717, 1.165) is 53.1 Å². The molecule has 0 spiro atoms. The van der Waals surface area contributed by atoms with Crippen LogP contribution in [0.15, 0.2) is 42.6 Å². The molecular formula is C21H22N6O. The highest BCUT2D eigenvalue weighted by atomic mass is 16.3. The number of nitrogens with one attached hydrogen (secondary N) is 1. The summed E-state index contributed by atoms with van der Waals surface area (Å²) in [5, 5.41) is 19.2. The van der Waals surface area contributed by atoms with Crippen molar-refractivity contribution in [2.24, 2.45) is 7.05 Å². The SMILES string of the molecule is CC1CN(c2ccc3nc(-c4cc5cn(C)nc5cc4O)ccc3n2)CCN1. The standard InChI is InChI=1S/C21H22N6O/c1-13-11-27(8-7-22-13)21-6-5-17-18(24-21)4-3-16(23-17)15-9-14-12-26(2)25-19(14)10-20(15)28/h3-6,9-10,12-13,22,28H,7-8,11H2,1-2H3. The van der Waals surface area contributed by atoms with Crippen LogP contribution < -0.4 is 10.2 Å². The molecule has 4 heterocycles. The van der Waals surface area contributed by atoms with Crippen molar-refractivity contribution >= 4 is 27.8 Å². The zero-order valence-electron chi connectivity index (χ0n) is 15.9. The molecule has 3 aromatic heterocycles. The van der Waals surface area contributed by atoms with Gasteiger partial charge >= 0.3 is 0 Å². The van der Waals surface area contributed by atoms with Gasteiger partial charge in [0.25, 0.3) is 0 Å². The zero-order chi connectivity index (χ0) is 19.3. The first kappa shape index (κ1) is 16.9. The van der Waals surface area contributed by atoms with Gasteiger partial charge < -0.3 is 15.3 Å². The van der Waals surface area contributed by atoms with Gasteiger partial charge in [0.1, 0.15) is 11.6 Å². The molecule has 0 aliphatic carbocycles. The molecule has 5 rings (SSSR count). The summed E-state index contributed by atoms with van der Waals surface area (Å²) in [7, 11) is 1.87. The number of anilines is 1. The van der Waals surface area contributed by atoms with E-state index in [4.69, 9.17) is 9.97 Å². The highest BCUT2D eigenvalue weighted by molar-refractivity contribution is 5.88. The van der Waals surface area contributed by atoms with Gasteiger partial charge in [-0.25, -0.2) is 9.97 Å². The Labute approximate surface area is 162 Å². The fourth-order valence-corrected chi connectivity index (χ4v) is 3.85. The van der Waals surface area contributed by atoms with Gasteiger partial charge in [0.2, 0.25) is 0 Å². The maximum Gasteiger partial charge on any atom is 0.129 e. The Balaban J connectivity index is 1.53. The molecule has 4 aromatic rings. The predicted octanol–water partition coefficient (Wildman–Crippen LogP) is 2.69. The van der Waals surface area contributed by atoms with Crippen molar-refractivity contribution in [3.05, 3.63) is 42.6 Å². The zero-order valence-corrected chi connectivity index (χ0v) is 15.9. The molecule has 0 bridgehead atoms. The number of fused-ring (bicyclic) bond motifs is 2. The van der Waals surface area contributed by atoms with E-state index in [1.807, 2.05) is 43.6 Å². The maximum atomic E-state index is 10.5. The number of benzene rings is 1. The van der Waals surface area contributed by atoms with Crippen LogP contribution >= 0.6 is 0 Å². The largest absolute Gasteiger partial charge is 0.507 e. The number of aryl methyl sites for hydroxylation is 1. The van der Waals surface area contributed by atoms with Crippen LogP contribution in [-0.2, 0) is 7.05 Å². The number of nitrogens with zero attached hydrogens (tertiary/aromatic N) is 5. The lowest BCUT2D eigenvalue weighted by Gasteiger charge is -2.32. The molecule has 0 saturated carbocycles. The molecule has 2 N–H and O–H groups in total. The molecule has 7 heteroatoms. The lowest BCUT2D eigenvalue weighted by Crippen LogP contribution is -2.49. The molecule has 1 saturated heterocycles. The van der Waals surface area contributed by atoms with Gasteiger partial charge in [-0.2, -0.15) is 5.10 Å². The second kappa shape index (κ2) is 6.45. The van der Waals surface area contributed by atoms with Crippen LogP contribution in [0.4, 0.5) is 5.82 Å². The summed E-state index contributed by atoms with van der Waals surface area (Å²) >= 11 is 0. The van der Waals surface area contributed by atoms with E-state index >= 15 is 0 Å². The second-order valence-electron chi connectivity index (χ2n) is 7.44. The van der Waals surface area contributed by atoms with Gasteiger partial charge in [0.05, 0.1) is 22.2 Å². The van der Waals surface area contributed by atoms with Gasteiger partial charge in [-0.05, 0) is 37.3 Å². The van der Waals surface area contributed by atoms with Crippen LogP contribution in [0.3, 0.4) is 0 Å². The molecule has 1 aliphatic rings. The monoisotopic (exact) mass is 374 g/mol. The van der Waals surface area contributed by atoms with Crippen LogP contribution in [0.25, 0.3) is 33.2 Å². The predicted molar refractivity (Wildman–Crippen MR) is 111 cm³/mol. The van der Waals surface area contributed by atoms with Crippen molar-refractivity contribution in [2.45, 2.75) is 13.0 Å². The lowest BCUT2D eigenvalue weighted by molar-refractivity contribution is 0.478. The van der Waals surface area contributed by atoms with E-state index in [2.05, 4.69) is 22.2 Å². The van der Waals surface area contributed by atoms with Crippen molar-refractivity contribution in [1.29, 1.82) is 0 Å². The molecule has 28 heavy (non-hydrogen) atoms. The summed E-state index contributed by atoms with van der Waals surface area (Å²) in [4.78, 5) is 11.8. The third kappa shape index (κ3) is 2.93. The minimum Gasteiger partial charge on any atom is -0.507 e. The molecule has 142 valence electrons. The number of hydrogen-bond donors (Lipinski definition) is 2. The molecule has 1 aliphatic heterocycles. The smallest absolute Gasteiger partial charge is 0.129 e. The average Bonchev–Trinajstić information content (AvgIpc) is 3.05. The van der Waals surface area contributed by atoms with Crippen molar-refractivity contribution in [2.75, 3.05) is 24.5 Å². The number of phenols is 1. The summed E-state index contributed by atoms with van der Waals surface area (Å²) in [6, 6.07) is 12.0. The van der Waals surface area contributed by atoms with E-state index in [1.54, 1.807) is 10.7 Å². The summed E-state index contributed by atoms with van der Waals surface area (Å²) in [5.74, 6) is 1.16. The highest BCUT2D eigenvalue weighted by Gasteiger charge is 2.17. The Morgan fingerprint density at radius 1 is 1.07 bits per heavy atom. The molecule has 1 aromatic carbocycles. The van der Waals surface area contributed by atoms with Crippen LogP contribution in [0, 0.1) is 0 Å². The maximum absolute atomic E-state index is 10.5. The molecule has 0 amide bonds. The third-order valence-electron chi connectivity index (χ3n) is 5.23. The molecular weight excluding hydrogens is 352 g/mol. The van der Waals surface area contributed by atoms with E-state index in [-0.39, 0.29) is 5.75 Å². The fraction of sp³-hybridized carbons (Fsp3) is 0.286. The molecule has 0 radical (unpaired) electrons. The second-order valence-corrected chi connectivity index (χ2v) is 7.44. The van der Waals surface area contributed by atoms with Crippen LogP contribution in [0.5, 0.6) is 5.75 Å². The van der Waals surface area contributed by atoms with E-state index in [9.17, 15) is 5.11 Å². The summed E-state index contributed by atoms with van der Waals surface area (Å²) in [5.41, 5.74) is 3.86. The first-order valence-electron chi connectivity index (χ1n) is 9.50. The van der Waals surface area contributed by atoms with Crippen molar-refractivity contribution in [1.82, 2.24) is 25.1 Å². The van der Waals surface area contributed by atoms with Crippen molar-refractivity contribution in [3.63, 3.8) is 0 Å². The number of rotatable bonds is 2. The summed E-state index contributed by atoms with van der Waals surface area (Å²) in [6.07, 6.45) is 1.93. The fourth-order valence-electron chi connectivity index (χ4n) is 3.85.